The maximum absolute atomic E-state index is 12.3. The van der Waals surface area contributed by atoms with E-state index >= 15 is 0 Å². The van der Waals surface area contributed by atoms with Gasteiger partial charge in [-0.3, -0.25) is 14.8 Å². The van der Waals surface area contributed by atoms with Gasteiger partial charge in [-0.1, -0.05) is 30.0 Å². The average Bonchev–Trinajstić information content (AvgIpc) is 3.16. The number of amides is 1. The summed E-state index contributed by atoms with van der Waals surface area (Å²) in [6.45, 7) is 0.846. The Hall–Kier alpha value is -3.06. The van der Waals surface area contributed by atoms with Crippen molar-refractivity contribution in [1.82, 2.24) is 20.3 Å². The van der Waals surface area contributed by atoms with Crippen LogP contribution < -0.4 is 5.32 Å². The molecule has 0 saturated carbocycles. The highest BCUT2D eigenvalue weighted by Gasteiger charge is 2.12. The summed E-state index contributed by atoms with van der Waals surface area (Å²) in [7, 11) is 0. The molecule has 128 valence electrons. The zero-order chi connectivity index (χ0) is 17.8. The van der Waals surface area contributed by atoms with Gasteiger partial charge in [0.1, 0.15) is 5.82 Å². The molecule has 1 aliphatic heterocycles. The van der Waals surface area contributed by atoms with Gasteiger partial charge in [0, 0.05) is 40.2 Å². The van der Waals surface area contributed by atoms with E-state index in [0.29, 0.717) is 17.9 Å². The SMILES string of the molecule is O=C(NCc1ncc(Sc2ccccc2)cn1)c1cnc2c(c1)C=NC2. The van der Waals surface area contributed by atoms with Crippen LogP contribution in [0.3, 0.4) is 0 Å². The molecule has 0 spiro atoms. The number of nitrogens with one attached hydrogen (secondary N) is 1. The van der Waals surface area contributed by atoms with E-state index in [-0.39, 0.29) is 12.5 Å². The largest absolute Gasteiger partial charge is 0.345 e. The Labute approximate surface area is 154 Å². The summed E-state index contributed by atoms with van der Waals surface area (Å²) in [6.07, 6.45) is 6.84. The summed E-state index contributed by atoms with van der Waals surface area (Å²) >= 11 is 1.60. The van der Waals surface area contributed by atoms with Crippen molar-refractivity contribution in [1.29, 1.82) is 0 Å². The minimum atomic E-state index is -0.202. The number of hydrogen-bond acceptors (Lipinski definition) is 6. The van der Waals surface area contributed by atoms with Crippen molar-refractivity contribution < 1.29 is 4.79 Å². The van der Waals surface area contributed by atoms with E-state index in [2.05, 4.69) is 25.3 Å². The first-order valence-corrected chi connectivity index (χ1v) is 8.90. The molecule has 3 heterocycles. The summed E-state index contributed by atoms with van der Waals surface area (Å²) in [4.78, 5) is 31.4. The minimum Gasteiger partial charge on any atom is -0.345 e. The predicted molar refractivity (Wildman–Crippen MR) is 99.3 cm³/mol. The van der Waals surface area contributed by atoms with Crippen LogP contribution >= 0.6 is 11.8 Å². The van der Waals surface area contributed by atoms with Crippen LogP contribution in [0, 0.1) is 0 Å². The maximum atomic E-state index is 12.3. The zero-order valence-corrected chi connectivity index (χ0v) is 14.6. The van der Waals surface area contributed by atoms with Crippen LogP contribution in [0.15, 0.2) is 69.8 Å². The molecule has 3 aromatic rings. The normalized spacial score (nSPS) is 12.0. The smallest absolute Gasteiger partial charge is 0.253 e. The number of pyridine rings is 1. The molecule has 4 rings (SSSR count). The molecule has 1 aromatic carbocycles. The van der Waals surface area contributed by atoms with Gasteiger partial charge in [0.25, 0.3) is 5.91 Å². The third-order valence-corrected chi connectivity index (χ3v) is 4.76. The number of rotatable bonds is 5. The van der Waals surface area contributed by atoms with Crippen LogP contribution in [0.5, 0.6) is 0 Å². The van der Waals surface area contributed by atoms with E-state index < -0.39 is 0 Å². The molecular weight excluding hydrogens is 346 g/mol. The van der Waals surface area contributed by atoms with Gasteiger partial charge in [-0.05, 0) is 18.2 Å². The maximum Gasteiger partial charge on any atom is 0.253 e. The van der Waals surface area contributed by atoms with Crippen molar-refractivity contribution in [3.05, 3.63) is 77.6 Å². The molecule has 6 nitrogen and oxygen atoms in total. The molecule has 0 fully saturated rings. The number of carbonyl (C=O) groups is 1. The first kappa shape index (κ1) is 16.4. The van der Waals surface area contributed by atoms with E-state index in [0.717, 1.165) is 21.0 Å². The van der Waals surface area contributed by atoms with Crippen LogP contribution in [0.4, 0.5) is 0 Å². The fraction of sp³-hybridized carbons (Fsp3) is 0.105. The Kier molecular flexibility index (Phi) is 4.70. The molecule has 0 unspecified atom stereocenters. The first-order valence-electron chi connectivity index (χ1n) is 8.09. The van der Waals surface area contributed by atoms with Gasteiger partial charge >= 0.3 is 0 Å². The molecular formula is C19H15N5OS. The molecule has 1 amide bonds. The van der Waals surface area contributed by atoms with E-state index in [1.54, 1.807) is 42.6 Å². The van der Waals surface area contributed by atoms with Gasteiger partial charge in [0.15, 0.2) is 0 Å². The highest BCUT2D eigenvalue weighted by atomic mass is 32.2. The number of carbonyl (C=O) groups excluding carboxylic acids is 1. The minimum absolute atomic E-state index is 0.202. The van der Waals surface area contributed by atoms with Crippen LogP contribution in [0.25, 0.3) is 0 Å². The monoisotopic (exact) mass is 361 g/mol. The number of benzene rings is 1. The Morgan fingerprint density at radius 3 is 2.65 bits per heavy atom. The predicted octanol–water partition coefficient (Wildman–Crippen LogP) is 2.89. The van der Waals surface area contributed by atoms with Crippen molar-refractivity contribution in [2.45, 2.75) is 22.9 Å². The second kappa shape index (κ2) is 7.45. The van der Waals surface area contributed by atoms with Crippen LogP contribution in [0.1, 0.15) is 27.4 Å². The van der Waals surface area contributed by atoms with E-state index in [1.807, 2.05) is 30.3 Å². The number of fused-ring (bicyclic) bond motifs is 1. The second-order valence-corrected chi connectivity index (χ2v) is 6.81. The lowest BCUT2D eigenvalue weighted by molar-refractivity contribution is 0.0949. The molecule has 1 aliphatic rings. The fourth-order valence-corrected chi connectivity index (χ4v) is 3.26. The molecule has 26 heavy (non-hydrogen) atoms. The van der Waals surface area contributed by atoms with Crippen LogP contribution in [-0.4, -0.2) is 27.1 Å². The molecule has 0 bridgehead atoms. The molecule has 0 aliphatic carbocycles. The summed E-state index contributed by atoms with van der Waals surface area (Å²) in [5.41, 5.74) is 2.31. The van der Waals surface area contributed by atoms with Gasteiger partial charge < -0.3 is 5.32 Å². The summed E-state index contributed by atoms with van der Waals surface area (Å²) in [5.74, 6) is 0.360. The quantitative estimate of drug-likeness (QED) is 0.756. The topological polar surface area (TPSA) is 80.1 Å². The number of aromatic nitrogens is 3. The highest BCUT2D eigenvalue weighted by molar-refractivity contribution is 7.99. The third kappa shape index (κ3) is 3.78. The standard InChI is InChI=1S/C19H15N5OS/c25-19(14-6-13-7-20-11-17(13)21-8-14)24-12-18-22-9-16(10-23-18)26-15-4-2-1-3-5-15/h1-10H,11-12H2,(H,24,25). The highest BCUT2D eigenvalue weighted by Crippen LogP contribution is 2.25. The lowest BCUT2D eigenvalue weighted by Gasteiger charge is -2.06. The van der Waals surface area contributed by atoms with Crippen LogP contribution in [-0.2, 0) is 13.1 Å². The molecule has 1 N–H and O–H groups in total. The van der Waals surface area contributed by atoms with Crippen molar-refractivity contribution in [2.75, 3.05) is 0 Å². The van der Waals surface area contributed by atoms with Gasteiger partial charge in [-0.25, -0.2) is 9.97 Å². The van der Waals surface area contributed by atoms with Crippen molar-refractivity contribution in [3.8, 4) is 0 Å². The first-order chi connectivity index (χ1) is 12.8. The molecule has 0 saturated heterocycles. The van der Waals surface area contributed by atoms with E-state index in [9.17, 15) is 4.79 Å². The Bertz CT molecular complexity index is 957. The Balaban J connectivity index is 1.35. The number of hydrogen-bond donors (Lipinski definition) is 1. The Morgan fingerprint density at radius 2 is 1.85 bits per heavy atom. The summed E-state index contributed by atoms with van der Waals surface area (Å²) < 4.78 is 0. The van der Waals surface area contributed by atoms with Gasteiger partial charge in [0.2, 0.25) is 0 Å². The molecule has 2 aromatic heterocycles. The molecule has 7 heteroatoms. The third-order valence-electron chi connectivity index (χ3n) is 3.80. The summed E-state index contributed by atoms with van der Waals surface area (Å²) in [6, 6.07) is 11.8. The Morgan fingerprint density at radius 1 is 1.04 bits per heavy atom. The zero-order valence-electron chi connectivity index (χ0n) is 13.8. The molecule has 0 atom stereocenters. The molecule has 0 radical (unpaired) electrons. The lowest BCUT2D eigenvalue weighted by Crippen LogP contribution is -2.24. The van der Waals surface area contributed by atoms with Gasteiger partial charge in [-0.15, -0.1) is 0 Å². The van der Waals surface area contributed by atoms with Crippen molar-refractivity contribution in [2.24, 2.45) is 4.99 Å². The van der Waals surface area contributed by atoms with E-state index in [4.69, 9.17) is 0 Å². The number of aliphatic imine (C=N–C) groups is 1. The average molecular weight is 361 g/mol. The van der Waals surface area contributed by atoms with Gasteiger partial charge in [0.05, 0.1) is 24.3 Å². The van der Waals surface area contributed by atoms with Crippen molar-refractivity contribution >= 4 is 23.9 Å². The van der Waals surface area contributed by atoms with Gasteiger partial charge in [-0.2, -0.15) is 0 Å². The fourth-order valence-electron chi connectivity index (χ4n) is 2.48. The van der Waals surface area contributed by atoms with Crippen molar-refractivity contribution in [3.63, 3.8) is 0 Å². The second-order valence-electron chi connectivity index (χ2n) is 5.66. The number of nitrogens with zero attached hydrogens (tertiary/aromatic N) is 4. The van der Waals surface area contributed by atoms with E-state index in [1.165, 1.54) is 0 Å². The van der Waals surface area contributed by atoms with Crippen LogP contribution in [0.2, 0.25) is 0 Å². The summed E-state index contributed by atoms with van der Waals surface area (Å²) in [5, 5.41) is 2.82. The lowest BCUT2D eigenvalue weighted by atomic mass is 10.1.